The Kier molecular flexibility index (Phi) is 5.50. The molecular formula is C19H23N3O2S. The molecule has 0 radical (unpaired) electrons. The number of aromatic hydroxyl groups is 1. The Morgan fingerprint density at radius 1 is 1.28 bits per heavy atom. The van der Waals surface area contributed by atoms with Gasteiger partial charge in [0, 0.05) is 6.42 Å². The molecule has 1 amide bonds. The van der Waals surface area contributed by atoms with Crippen LogP contribution in [0, 0.1) is 0 Å². The maximum absolute atomic E-state index is 12.9. The molecule has 1 aliphatic rings. The number of hydrogen-bond donors (Lipinski definition) is 1. The lowest BCUT2D eigenvalue weighted by molar-refractivity contribution is -0.134. The van der Waals surface area contributed by atoms with E-state index in [1.807, 2.05) is 29.6 Å². The van der Waals surface area contributed by atoms with Gasteiger partial charge in [-0.2, -0.15) is 5.10 Å². The van der Waals surface area contributed by atoms with Gasteiger partial charge in [-0.25, -0.2) is 5.01 Å². The second kappa shape index (κ2) is 7.80. The van der Waals surface area contributed by atoms with Crippen molar-refractivity contribution in [1.29, 1.82) is 0 Å². The van der Waals surface area contributed by atoms with E-state index < -0.39 is 0 Å². The van der Waals surface area contributed by atoms with Gasteiger partial charge in [0.05, 0.1) is 23.2 Å². The first kappa shape index (κ1) is 17.6. The highest BCUT2D eigenvalue weighted by molar-refractivity contribution is 7.12. The van der Waals surface area contributed by atoms with Gasteiger partial charge in [0.25, 0.3) is 5.91 Å². The van der Waals surface area contributed by atoms with Crippen LogP contribution in [0.4, 0.5) is 0 Å². The third-order valence-corrected chi connectivity index (χ3v) is 5.42. The zero-order valence-corrected chi connectivity index (χ0v) is 15.4. The molecule has 2 aromatic rings. The largest absolute Gasteiger partial charge is 0.508 e. The van der Waals surface area contributed by atoms with E-state index in [1.54, 1.807) is 28.5 Å². The zero-order chi connectivity index (χ0) is 17.8. The minimum Gasteiger partial charge on any atom is -0.508 e. The Morgan fingerprint density at radius 2 is 2.00 bits per heavy atom. The Morgan fingerprint density at radius 3 is 2.60 bits per heavy atom. The first-order valence-corrected chi connectivity index (χ1v) is 9.45. The second-order valence-corrected chi connectivity index (χ2v) is 6.98. The summed E-state index contributed by atoms with van der Waals surface area (Å²) in [5.41, 5.74) is 1.93. The van der Waals surface area contributed by atoms with Crippen LogP contribution in [-0.4, -0.2) is 46.3 Å². The third-order valence-electron chi connectivity index (χ3n) is 4.50. The number of benzene rings is 1. The van der Waals surface area contributed by atoms with Gasteiger partial charge >= 0.3 is 0 Å². The molecule has 132 valence electrons. The minimum absolute atomic E-state index is 0.00771. The van der Waals surface area contributed by atoms with Gasteiger partial charge in [0.1, 0.15) is 5.75 Å². The van der Waals surface area contributed by atoms with Crippen LogP contribution in [0.15, 0.2) is 46.9 Å². The predicted molar refractivity (Wildman–Crippen MR) is 101 cm³/mol. The Hall–Kier alpha value is -2.18. The standard InChI is InChI=1S/C19H23N3O2S/c1-3-21(4-2)13-19(24)22-17(14-7-9-15(23)10-8-14)12-16(20-22)18-6-5-11-25-18/h5-11,17,23H,3-4,12-13H2,1-2H3/t17-/m0/s1. The van der Waals surface area contributed by atoms with Crippen molar-refractivity contribution in [2.75, 3.05) is 19.6 Å². The molecule has 0 saturated carbocycles. The quantitative estimate of drug-likeness (QED) is 0.861. The van der Waals surface area contributed by atoms with Gasteiger partial charge in [-0.3, -0.25) is 9.69 Å². The fourth-order valence-electron chi connectivity index (χ4n) is 3.00. The highest BCUT2D eigenvalue weighted by atomic mass is 32.1. The second-order valence-electron chi connectivity index (χ2n) is 6.04. The summed E-state index contributed by atoms with van der Waals surface area (Å²) >= 11 is 1.64. The molecule has 1 aromatic carbocycles. The number of rotatable bonds is 6. The Labute approximate surface area is 152 Å². The summed E-state index contributed by atoms with van der Waals surface area (Å²) in [6.45, 7) is 6.14. The van der Waals surface area contributed by atoms with Gasteiger partial charge in [-0.1, -0.05) is 32.0 Å². The highest BCUT2D eigenvalue weighted by Crippen LogP contribution is 2.34. The summed E-state index contributed by atoms with van der Waals surface area (Å²) < 4.78 is 0. The normalized spacial score (nSPS) is 17.2. The lowest BCUT2D eigenvalue weighted by atomic mass is 10.0. The van der Waals surface area contributed by atoms with E-state index in [9.17, 15) is 9.90 Å². The summed E-state index contributed by atoms with van der Waals surface area (Å²) in [5, 5.41) is 17.8. The smallest absolute Gasteiger partial charge is 0.257 e. The summed E-state index contributed by atoms with van der Waals surface area (Å²) in [6, 6.07) is 11.0. The molecule has 3 rings (SSSR count). The van der Waals surface area contributed by atoms with E-state index >= 15 is 0 Å². The fourth-order valence-corrected chi connectivity index (χ4v) is 3.72. The first-order chi connectivity index (χ1) is 12.1. The van der Waals surface area contributed by atoms with E-state index in [0.29, 0.717) is 13.0 Å². The number of phenolic OH excluding ortho intramolecular Hbond substituents is 1. The zero-order valence-electron chi connectivity index (χ0n) is 14.6. The van der Waals surface area contributed by atoms with Gasteiger partial charge in [0.15, 0.2) is 0 Å². The number of carbonyl (C=O) groups excluding carboxylic acids is 1. The molecular weight excluding hydrogens is 334 g/mol. The van der Waals surface area contributed by atoms with Crippen molar-refractivity contribution in [2.24, 2.45) is 5.10 Å². The van der Waals surface area contributed by atoms with Crippen molar-refractivity contribution in [3.8, 4) is 5.75 Å². The highest BCUT2D eigenvalue weighted by Gasteiger charge is 2.33. The number of phenols is 1. The van der Waals surface area contributed by atoms with Crippen LogP contribution in [-0.2, 0) is 4.79 Å². The molecule has 1 atom stereocenters. The first-order valence-electron chi connectivity index (χ1n) is 8.57. The monoisotopic (exact) mass is 357 g/mol. The van der Waals surface area contributed by atoms with Crippen LogP contribution in [0.5, 0.6) is 5.75 Å². The van der Waals surface area contributed by atoms with Gasteiger partial charge in [-0.15, -0.1) is 11.3 Å². The SMILES string of the molecule is CCN(CC)CC(=O)N1N=C(c2cccs2)C[C@H]1c1ccc(O)cc1. The molecule has 2 heterocycles. The number of likely N-dealkylation sites (N-methyl/N-ethyl adjacent to an activating group) is 1. The fraction of sp³-hybridized carbons (Fsp3) is 0.368. The lowest BCUT2D eigenvalue weighted by Crippen LogP contribution is -2.38. The topological polar surface area (TPSA) is 56.1 Å². The van der Waals surface area contributed by atoms with E-state index in [1.165, 1.54) is 0 Å². The molecule has 0 aliphatic carbocycles. The number of thiophene rings is 1. The van der Waals surface area contributed by atoms with Gasteiger partial charge in [-0.05, 0) is 42.2 Å². The van der Waals surface area contributed by atoms with Crippen molar-refractivity contribution in [2.45, 2.75) is 26.3 Å². The predicted octanol–water partition coefficient (Wildman–Crippen LogP) is 3.47. The molecule has 0 fully saturated rings. The summed E-state index contributed by atoms with van der Waals surface area (Å²) in [6.07, 6.45) is 0.690. The Balaban J connectivity index is 1.87. The van der Waals surface area contributed by atoms with Crippen LogP contribution in [0.1, 0.15) is 36.8 Å². The molecule has 6 heteroatoms. The van der Waals surface area contributed by atoms with Crippen LogP contribution >= 0.6 is 11.3 Å². The number of nitrogens with zero attached hydrogens (tertiary/aromatic N) is 3. The van der Waals surface area contributed by atoms with E-state index in [2.05, 4.69) is 23.8 Å². The van der Waals surface area contributed by atoms with Gasteiger partial charge in [0.2, 0.25) is 0 Å². The van der Waals surface area contributed by atoms with Crippen molar-refractivity contribution in [3.63, 3.8) is 0 Å². The van der Waals surface area contributed by atoms with E-state index in [4.69, 9.17) is 0 Å². The van der Waals surface area contributed by atoms with Crippen LogP contribution in [0.25, 0.3) is 0 Å². The average Bonchev–Trinajstić information content (AvgIpc) is 3.29. The number of hydrazone groups is 1. The molecule has 0 unspecified atom stereocenters. The molecule has 25 heavy (non-hydrogen) atoms. The number of amides is 1. The number of hydrogen-bond acceptors (Lipinski definition) is 5. The molecule has 1 N–H and O–H groups in total. The molecule has 5 nitrogen and oxygen atoms in total. The number of carbonyl (C=O) groups is 1. The molecule has 0 bridgehead atoms. The van der Waals surface area contributed by atoms with Gasteiger partial charge < -0.3 is 5.11 Å². The maximum Gasteiger partial charge on any atom is 0.257 e. The van der Waals surface area contributed by atoms with E-state index in [0.717, 1.165) is 29.2 Å². The molecule has 1 aliphatic heterocycles. The molecule has 1 aromatic heterocycles. The average molecular weight is 357 g/mol. The minimum atomic E-state index is -0.124. The molecule has 0 saturated heterocycles. The lowest BCUT2D eigenvalue weighted by Gasteiger charge is -2.25. The van der Waals surface area contributed by atoms with E-state index in [-0.39, 0.29) is 17.7 Å². The summed E-state index contributed by atoms with van der Waals surface area (Å²) in [5.74, 6) is 0.232. The maximum atomic E-state index is 12.9. The molecule has 0 spiro atoms. The van der Waals surface area contributed by atoms with Crippen LogP contribution in [0.2, 0.25) is 0 Å². The summed E-state index contributed by atoms with van der Waals surface area (Å²) in [4.78, 5) is 16.1. The van der Waals surface area contributed by atoms with Crippen molar-refractivity contribution in [3.05, 3.63) is 52.2 Å². The van der Waals surface area contributed by atoms with Crippen LogP contribution in [0.3, 0.4) is 0 Å². The van der Waals surface area contributed by atoms with Crippen molar-refractivity contribution in [1.82, 2.24) is 9.91 Å². The summed E-state index contributed by atoms with van der Waals surface area (Å²) in [7, 11) is 0. The third kappa shape index (κ3) is 3.91. The van der Waals surface area contributed by atoms with Crippen molar-refractivity contribution < 1.29 is 9.90 Å². The van der Waals surface area contributed by atoms with Crippen LogP contribution < -0.4 is 0 Å². The van der Waals surface area contributed by atoms with Crippen molar-refractivity contribution >= 4 is 23.0 Å². The Bertz CT molecular complexity index is 737.